The van der Waals surface area contributed by atoms with Gasteiger partial charge in [0.15, 0.2) is 6.61 Å². The number of thiazole rings is 1. The predicted molar refractivity (Wildman–Crippen MR) is 97.6 cm³/mol. The lowest BCUT2D eigenvalue weighted by molar-refractivity contribution is -0.124. The lowest BCUT2D eigenvalue weighted by Gasteiger charge is -2.16. The van der Waals surface area contributed by atoms with Crippen LogP contribution >= 0.6 is 11.3 Å². The summed E-state index contributed by atoms with van der Waals surface area (Å²) in [7, 11) is 0. The lowest BCUT2D eigenvalue weighted by atomic mass is 10.0. The second-order valence-electron chi connectivity index (χ2n) is 5.76. The highest BCUT2D eigenvalue weighted by molar-refractivity contribution is 7.16. The van der Waals surface area contributed by atoms with Crippen LogP contribution in [0.1, 0.15) is 34.5 Å². The van der Waals surface area contributed by atoms with Crippen molar-refractivity contribution in [3.05, 3.63) is 64.7 Å². The van der Waals surface area contributed by atoms with Crippen LogP contribution in [-0.2, 0) is 9.53 Å². The third-order valence-corrected chi connectivity index (χ3v) is 4.73. The van der Waals surface area contributed by atoms with Crippen LogP contribution in [-0.4, -0.2) is 23.5 Å². The Balaban J connectivity index is 1.56. The van der Waals surface area contributed by atoms with E-state index in [-0.39, 0.29) is 18.6 Å². The van der Waals surface area contributed by atoms with Crippen molar-refractivity contribution in [1.29, 1.82) is 0 Å². The number of benzene rings is 2. The van der Waals surface area contributed by atoms with Gasteiger partial charge in [0.1, 0.15) is 0 Å². The van der Waals surface area contributed by atoms with E-state index >= 15 is 0 Å². The fourth-order valence-electron chi connectivity index (χ4n) is 2.63. The second-order valence-corrected chi connectivity index (χ2v) is 6.64. The number of carbonyl (C=O) groups is 2. The van der Waals surface area contributed by atoms with E-state index in [0.29, 0.717) is 5.56 Å². The Morgan fingerprint density at radius 3 is 2.84 bits per heavy atom. The van der Waals surface area contributed by atoms with Crippen molar-refractivity contribution in [2.75, 3.05) is 6.61 Å². The van der Waals surface area contributed by atoms with Gasteiger partial charge in [0.05, 0.1) is 27.3 Å². The van der Waals surface area contributed by atoms with E-state index < -0.39 is 5.97 Å². The van der Waals surface area contributed by atoms with Crippen LogP contribution in [0.15, 0.2) is 48.0 Å². The zero-order valence-corrected chi connectivity index (χ0v) is 14.8. The molecule has 0 aliphatic rings. The molecule has 0 aliphatic heterocycles. The molecule has 0 fully saturated rings. The number of carbonyl (C=O) groups excluding carboxylic acids is 2. The molecule has 6 heteroatoms. The minimum atomic E-state index is -0.519. The molecule has 0 radical (unpaired) electrons. The quantitative estimate of drug-likeness (QED) is 0.710. The standard InChI is InChI=1S/C19H18N2O3S/c1-12-5-3-4-6-15(12)13(2)21-18(22)10-24-19(23)14-7-8-16-17(9-14)25-11-20-16/h3-9,11,13H,10H2,1-2H3,(H,21,22). The zero-order valence-electron chi connectivity index (χ0n) is 14.0. The first-order valence-corrected chi connectivity index (χ1v) is 8.78. The first kappa shape index (κ1) is 17.1. The van der Waals surface area contributed by atoms with Gasteiger partial charge in [-0.15, -0.1) is 11.3 Å². The van der Waals surface area contributed by atoms with Crippen molar-refractivity contribution in [1.82, 2.24) is 10.3 Å². The summed E-state index contributed by atoms with van der Waals surface area (Å²) in [6, 6.07) is 12.8. The van der Waals surface area contributed by atoms with Gasteiger partial charge in [-0.3, -0.25) is 4.79 Å². The highest BCUT2D eigenvalue weighted by Gasteiger charge is 2.14. The van der Waals surface area contributed by atoms with Gasteiger partial charge in [-0.25, -0.2) is 9.78 Å². The number of amides is 1. The highest BCUT2D eigenvalue weighted by atomic mass is 32.1. The molecule has 128 valence electrons. The summed E-state index contributed by atoms with van der Waals surface area (Å²) in [4.78, 5) is 28.3. The van der Waals surface area contributed by atoms with Gasteiger partial charge in [-0.1, -0.05) is 24.3 Å². The van der Waals surface area contributed by atoms with Crippen molar-refractivity contribution in [2.45, 2.75) is 19.9 Å². The smallest absolute Gasteiger partial charge is 0.338 e. The van der Waals surface area contributed by atoms with Crippen molar-refractivity contribution in [3.8, 4) is 0 Å². The van der Waals surface area contributed by atoms with E-state index in [1.54, 1.807) is 23.7 Å². The molecule has 1 N–H and O–H groups in total. The first-order chi connectivity index (χ1) is 12.0. The number of nitrogens with zero attached hydrogens (tertiary/aromatic N) is 1. The van der Waals surface area contributed by atoms with Crippen molar-refractivity contribution >= 4 is 33.4 Å². The van der Waals surface area contributed by atoms with Gasteiger partial charge in [-0.05, 0) is 43.2 Å². The Hall–Kier alpha value is -2.73. The van der Waals surface area contributed by atoms with Gasteiger partial charge in [0.25, 0.3) is 5.91 Å². The summed E-state index contributed by atoms with van der Waals surface area (Å²) in [5, 5.41) is 2.85. The van der Waals surface area contributed by atoms with Crippen LogP contribution in [0.25, 0.3) is 10.2 Å². The molecule has 25 heavy (non-hydrogen) atoms. The Bertz CT molecular complexity index is 920. The number of ether oxygens (including phenoxy) is 1. The number of fused-ring (bicyclic) bond motifs is 1. The molecule has 0 saturated carbocycles. The molecular formula is C19H18N2O3S. The number of rotatable bonds is 5. The molecule has 1 atom stereocenters. The number of hydrogen-bond acceptors (Lipinski definition) is 5. The normalized spacial score (nSPS) is 11.9. The van der Waals surface area contributed by atoms with E-state index in [0.717, 1.165) is 21.3 Å². The summed E-state index contributed by atoms with van der Waals surface area (Å²) in [5.41, 5.74) is 5.12. The summed E-state index contributed by atoms with van der Waals surface area (Å²) in [6.07, 6.45) is 0. The van der Waals surface area contributed by atoms with Gasteiger partial charge in [0.2, 0.25) is 0 Å². The summed E-state index contributed by atoms with van der Waals surface area (Å²) in [6.45, 7) is 3.59. The Morgan fingerprint density at radius 2 is 2.04 bits per heavy atom. The van der Waals surface area contributed by atoms with Gasteiger partial charge < -0.3 is 10.1 Å². The van der Waals surface area contributed by atoms with E-state index in [2.05, 4.69) is 10.3 Å². The minimum absolute atomic E-state index is 0.152. The third kappa shape index (κ3) is 4.03. The molecule has 0 saturated heterocycles. The highest BCUT2D eigenvalue weighted by Crippen LogP contribution is 2.20. The predicted octanol–water partition coefficient (Wildman–Crippen LogP) is 3.64. The van der Waals surface area contributed by atoms with Gasteiger partial charge >= 0.3 is 5.97 Å². The number of esters is 1. The Labute approximate surface area is 149 Å². The van der Waals surface area contributed by atoms with Gasteiger partial charge in [0, 0.05) is 0 Å². The molecule has 1 aromatic heterocycles. The third-order valence-electron chi connectivity index (χ3n) is 3.93. The van der Waals surface area contributed by atoms with Crippen molar-refractivity contribution in [3.63, 3.8) is 0 Å². The number of aromatic nitrogens is 1. The number of hydrogen-bond donors (Lipinski definition) is 1. The molecule has 1 amide bonds. The molecular weight excluding hydrogens is 336 g/mol. The van der Waals surface area contributed by atoms with Crippen LogP contribution in [0.4, 0.5) is 0 Å². The molecule has 3 aromatic rings. The maximum atomic E-state index is 12.1. The summed E-state index contributed by atoms with van der Waals surface area (Å²) >= 11 is 1.45. The Morgan fingerprint density at radius 1 is 1.24 bits per heavy atom. The number of aryl methyl sites for hydroxylation is 1. The van der Waals surface area contributed by atoms with Crippen molar-refractivity contribution < 1.29 is 14.3 Å². The van der Waals surface area contributed by atoms with Crippen LogP contribution in [0.3, 0.4) is 0 Å². The van der Waals surface area contributed by atoms with Crippen molar-refractivity contribution in [2.24, 2.45) is 0 Å². The first-order valence-electron chi connectivity index (χ1n) is 7.90. The molecule has 1 unspecified atom stereocenters. The maximum absolute atomic E-state index is 12.1. The lowest BCUT2D eigenvalue weighted by Crippen LogP contribution is -2.31. The summed E-state index contributed by atoms with van der Waals surface area (Å²) < 4.78 is 6.02. The molecule has 0 aliphatic carbocycles. The number of nitrogens with one attached hydrogen (secondary N) is 1. The zero-order chi connectivity index (χ0) is 17.8. The average molecular weight is 354 g/mol. The van der Waals surface area contributed by atoms with Crippen LogP contribution in [0, 0.1) is 6.92 Å². The molecule has 1 heterocycles. The van der Waals surface area contributed by atoms with Crippen LogP contribution < -0.4 is 5.32 Å². The van der Waals surface area contributed by atoms with E-state index in [9.17, 15) is 9.59 Å². The second kappa shape index (κ2) is 7.44. The summed E-state index contributed by atoms with van der Waals surface area (Å²) in [5.74, 6) is -0.850. The van der Waals surface area contributed by atoms with Gasteiger partial charge in [-0.2, -0.15) is 0 Å². The molecule has 2 aromatic carbocycles. The van der Waals surface area contributed by atoms with E-state index in [1.165, 1.54) is 11.3 Å². The average Bonchev–Trinajstić information content (AvgIpc) is 3.07. The molecule has 5 nitrogen and oxygen atoms in total. The largest absolute Gasteiger partial charge is 0.452 e. The fraction of sp³-hybridized carbons (Fsp3) is 0.211. The molecule has 0 spiro atoms. The molecule has 0 bridgehead atoms. The fourth-order valence-corrected chi connectivity index (χ4v) is 3.35. The topological polar surface area (TPSA) is 68.3 Å². The van der Waals surface area contributed by atoms with E-state index in [4.69, 9.17) is 4.74 Å². The van der Waals surface area contributed by atoms with Crippen LogP contribution in [0.2, 0.25) is 0 Å². The SMILES string of the molecule is Cc1ccccc1C(C)NC(=O)COC(=O)c1ccc2ncsc2c1. The molecule has 3 rings (SSSR count). The Kier molecular flexibility index (Phi) is 5.09. The minimum Gasteiger partial charge on any atom is -0.452 e. The van der Waals surface area contributed by atoms with Crippen LogP contribution in [0.5, 0.6) is 0 Å². The van der Waals surface area contributed by atoms with E-state index in [1.807, 2.05) is 38.1 Å². The maximum Gasteiger partial charge on any atom is 0.338 e. The monoisotopic (exact) mass is 354 g/mol.